The van der Waals surface area contributed by atoms with Gasteiger partial charge in [-0.2, -0.15) is 0 Å². The Hall–Kier alpha value is -1.63. The zero-order valence-electron chi connectivity index (χ0n) is 14.6. The lowest BCUT2D eigenvalue weighted by Gasteiger charge is -2.27. The van der Waals surface area contributed by atoms with Crippen LogP contribution in [0, 0.1) is 0 Å². The van der Waals surface area contributed by atoms with Crippen molar-refractivity contribution in [2.45, 2.75) is 45.4 Å². The molecule has 6 nitrogen and oxygen atoms in total. The third kappa shape index (κ3) is 3.88. The number of ether oxygens (including phenoxy) is 1. The Labute approximate surface area is 143 Å². The summed E-state index contributed by atoms with van der Waals surface area (Å²) >= 11 is 0. The van der Waals surface area contributed by atoms with Crippen LogP contribution in [0.2, 0.25) is 0 Å². The Balaban J connectivity index is 1.71. The highest BCUT2D eigenvalue weighted by Crippen LogP contribution is 2.22. The molecule has 1 aliphatic heterocycles. The maximum atomic E-state index is 10.5. The van der Waals surface area contributed by atoms with Gasteiger partial charge in [0.25, 0.3) is 0 Å². The van der Waals surface area contributed by atoms with Gasteiger partial charge in [0.2, 0.25) is 0 Å². The van der Waals surface area contributed by atoms with Gasteiger partial charge in [0.05, 0.1) is 24.9 Å². The van der Waals surface area contributed by atoms with E-state index in [1.807, 2.05) is 13.1 Å². The number of rotatable bonds is 7. The number of anilines is 1. The van der Waals surface area contributed by atoms with Crippen LogP contribution in [0.5, 0.6) is 0 Å². The van der Waals surface area contributed by atoms with Gasteiger partial charge in [-0.25, -0.2) is 4.98 Å². The molecular formula is C18H28N4O2. The van der Waals surface area contributed by atoms with Gasteiger partial charge >= 0.3 is 0 Å². The Morgan fingerprint density at radius 3 is 2.83 bits per heavy atom. The quantitative estimate of drug-likeness (QED) is 0.679. The van der Waals surface area contributed by atoms with E-state index in [9.17, 15) is 5.11 Å². The molecule has 0 aliphatic carbocycles. The van der Waals surface area contributed by atoms with E-state index in [0.29, 0.717) is 13.0 Å². The van der Waals surface area contributed by atoms with Crippen LogP contribution in [-0.4, -0.2) is 47.1 Å². The first kappa shape index (κ1) is 17.2. The maximum absolute atomic E-state index is 10.5. The molecule has 24 heavy (non-hydrogen) atoms. The maximum Gasteiger partial charge on any atom is 0.129 e. The number of aromatic nitrogens is 2. The molecule has 6 heteroatoms. The summed E-state index contributed by atoms with van der Waals surface area (Å²) in [6.07, 6.45) is 4.30. The molecule has 1 atom stereocenters. The van der Waals surface area contributed by atoms with E-state index in [1.165, 1.54) is 0 Å². The van der Waals surface area contributed by atoms with E-state index in [-0.39, 0.29) is 0 Å². The first-order valence-electron chi connectivity index (χ1n) is 8.91. The standard InChI is InChI=1S/C18H28N4O2/c1-3-5-18(23,4-2)20-12-15-10-14-11-17(19-13-16(14)21-15)22-6-8-24-9-7-22/h10-11,13,20-21,23H,3-9,12H2,1-2H3. The van der Waals surface area contributed by atoms with Crippen LogP contribution in [0.1, 0.15) is 38.8 Å². The normalized spacial score (nSPS) is 18.0. The van der Waals surface area contributed by atoms with Gasteiger partial charge in [-0.1, -0.05) is 20.3 Å². The molecule has 1 saturated heterocycles. The van der Waals surface area contributed by atoms with Crippen molar-refractivity contribution >= 4 is 16.7 Å². The molecule has 1 unspecified atom stereocenters. The molecule has 0 spiro atoms. The van der Waals surface area contributed by atoms with Crippen LogP contribution in [0.15, 0.2) is 18.3 Å². The average Bonchev–Trinajstić information content (AvgIpc) is 3.03. The second-order valence-electron chi connectivity index (χ2n) is 6.51. The molecule has 132 valence electrons. The smallest absolute Gasteiger partial charge is 0.129 e. The number of nitrogens with one attached hydrogen (secondary N) is 2. The first-order chi connectivity index (χ1) is 11.6. The number of nitrogens with zero attached hydrogens (tertiary/aromatic N) is 2. The Kier molecular flexibility index (Phi) is 5.38. The summed E-state index contributed by atoms with van der Waals surface area (Å²) in [5, 5.41) is 14.9. The molecule has 0 bridgehead atoms. The van der Waals surface area contributed by atoms with Crippen molar-refractivity contribution in [2.75, 3.05) is 31.2 Å². The van der Waals surface area contributed by atoms with Crippen molar-refractivity contribution in [3.8, 4) is 0 Å². The van der Waals surface area contributed by atoms with Gasteiger partial charge in [0.1, 0.15) is 11.5 Å². The highest BCUT2D eigenvalue weighted by atomic mass is 16.5. The second kappa shape index (κ2) is 7.51. The van der Waals surface area contributed by atoms with E-state index in [0.717, 1.165) is 61.6 Å². The van der Waals surface area contributed by atoms with Crippen molar-refractivity contribution in [3.63, 3.8) is 0 Å². The molecule has 0 amide bonds. The van der Waals surface area contributed by atoms with Gasteiger partial charge < -0.3 is 19.7 Å². The van der Waals surface area contributed by atoms with Crippen LogP contribution in [0.4, 0.5) is 5.82 Å². The lowest BCUT2D eigenvalue weighted by atomic mass is 10.1. The largest absolute Gasteiger partial charge is 0.378 e. The van der Waals surface area contributed by atoms with Gasteiger partial charge in [-0.3, -0.25) is 5.32 Å². The van der Waals surface area contributed by atoms with E-state index in [4.69, 9.17) is 4.74 Å². The minimum absolute atomic E-state index is 0.617. The van der Waals surface area contributed by atoms with Crippen LogP contribution < -0.4 is 10.2 Å². The number of hydrogen-bond donors (Lipinski definition) is 3. The third-order valence-electron chi connectivity index (χ3n) is 4.74. The summed E-state index contributed by atoms with van der Waals surface area (Å²) in [4.78, 5) is 10.2. The molecule has 1 aliphatic rings. The monoisotopic (exact) mass is 332 g/mol. The van der Waals surface area contributed by atoms with E-state index >= 15 is 0 Å². The fourth-order valence-electron chi connectivity index (χ4n) is 3.20. The molecule has 3 N–H and O–H groups in total. The molecule has 0 radical (unpaired) electrons. The fourth-order valence-corrected chi connectivity index (χ4v) is 3.20. The summed E-state index contributed by atoms with van der Waals surface area (Å²) in [5.41, 5.74) is 1.30. The molecule has 2 aromatic rings. The van der Waals surface area contributed by atoms with Crippen molar-refractivity contribution in [1.82, 2.24) is 15.3 Å². The molecule has 0 saturated carbocycles. The Morgan fingerprint density at radius 2 is 2.12 bits per heavy atom. The zero-order chi connectivity index (χ0) is 17.0. The number of morpholine rings is 1. The second-order valence-corrected chi connectivity index (χ2v) is 6.51. The lowest BCUT2D eigenvalue weighted by molar-refractivity contribution is -0.00945. The number of fused-ring (bicyclic) bond motifs is 1. The van der Waals surface area contributed by atoms with Crippen molar-refractivity contribution in [3.05, 3.63) is 24.0 Å². The third-order valence-corrected chi connectivity index (χ3v) is 4.74. The van der Waals surface area contributed by atoms with Crippen molar-refractivity contribution in [2.24, 2.45) is 0 Å². The van der Waals surface area contributed by atoms with Crippen LogP contribution in [0.3, 0.4) is 0 Å². The lowest BCUT2D eigenvalue weighted by Crippen LogP contribution is -2.44. The molecule has 1 fully saturated rings. The topological polar surface area (TPSA) is 73.4 Å². The number of aliphatic hydroxyl groups is 1. The summed E-state index contributed by atoms with van der Waals surface area (Å²) in [6.45, 7) is 8.00. The van der Waals surface area contributed by atoms with Crippen molar-refractivity contribution in [1.29, 1.82) is 0 Å². The van der Waals surface area contributed by atoms with E-state index in [1.54, 1.807) is 0 Å². The highest BCUT2D eigenvalue weighted by molar-refractivity contribution is 5.82. The summed E-state index contributed by atoms with van der Waals surface area (Å²) < 4.78 is 5.40. The first-order valence-corrected chi connectivity index (χ1v) is 8.91. The van der Waals surface area contributed by atoms with E-state index < -0.39 is 5.72 Å². The highest BCUT2D eigenvalue weighted by Gasteiger charge is 2.22. The number of H-pyrrole nitrogens is 1. The zero-order valence-corrected chi connectivity index (χ0v) is 14.6. The van der Waals surface area contributed by atoms with Crippen LogP contribution in [0.25, 0.3) is 10.9 Å². The predicted octanol–water partition coefficient (Wildman–Crippen LogP) is 2.39. The Bertz CT molecular complexity index is 666. The molecule has 3 rings (SSSR count). The minimum Gasteiger partial charge on any atom is -0.378 e. The SMILES string of the molecule is CCCC(O)(CC)NCc1cc2cc(N3CCOCC3)ncc2[nH]1. The molecule has 3 heterocycles. The summed E-state index contributed by atoms with van der Waals surface area (Å²) in [6, 6.07) is 4.26. The summed E-state index contributed by atoms with van der Waals surface area (Å²) in [7, 11) is 0. The van der Waals surface area contributed by atoms with Crippen molar-refractivity contribution < 1.29 is 9.84 Å². The molecular weight excluding hydrogens is 304 g/mol. The van der Waals surface area contributed by atoms with Gasteiger partial charge in [0, 0.05) is 30.7 Å². The van der Waals surface area contributed by atoms with Gasteiger partial charge in [-0.15, -0.1) is 0 Å². The number of hydrogen-bond acceptors (Lipinski definition) is 5. The Morgan fingerprint density at radius 1 is 1.33 bits per heavy atom. The summed E-state index contributed by atoms with van der Waals surface area (Å²) in [5.74, 6) is 1.00. The fraction of sp³-hybridized carbons (Fsp3) is 0.611. The molecule has 0 aromatic carbocycles. The van der Waals surface area contributed by atoms with Gasteiger partial charge in [-0.05, 0) is 25.0 Å². The van der Waals surface area contributed by atoms with Crippen LogP contribution in [-0.2, 0) is 11.3 Å². The number of pyridine rings is 1. The minimum atomic E-state index is -0.788. The number of aromatic amines is 1. The average molecular weight is 332 g/mol. The van der Waals surface area contributed by atoms with Gasteiger partial charge in [0.15, 0.2) is 0 Å². The predicted molar refractivity (Wildman–Crippen MR) is 96.1 cm³/mol. The molecule has 2 aromatic heterocycles. The van der Waals surface area contributed by atoms with E-state index in [2.05, 4.69) is 39.2 Å². The van der Waals surface area contributed by atoms with Crippen LogP contribution >= 0.6 is 0 Å².